The second-order valence-corrected chi connectivity index (χ2v) is 36.0. The topological polar surface area (TPSA) is 686 Å². The second-order valence-electron chi connectivity index (χ2n) is 36.0. The van der Waals surface area contributed by atoms with Crippen LogP contribution in [0, 0.1) is 0 Å². The van der Waals surface area contributed by atoms with Gasteiger partial charge >= 0.3 is 11.9 Å². The first-order chi connectivity index (χ1) is 63.6. The fourth-order valence-corrected chi connectivity index (χ4v) is 17.7. The molecule has 6 rings (SSSR count). The Kier molecular flexibility index (Phi) is 53.5. The summed E-state index contributed by atoms with van der Waals surface area (Å²) in [5.74, 6) is -14.5. The van der Waals surface area contributed by atoms with Gasteiger partial charge in [0.05, 0.1) is 82.7 Å². The van der Waals surface area contributed by atoms with Crippen molar-refractivity contribution in [3.05, 3.63) is 24.3 Å². The smallest absolute Gasteiger partial charge is 0.364 e. The van der Waals surface area contributed by atoms with E-state index in [0.717, 1.165) is 104 Å². The number of ether oxygens (including phenoxy) is 12. The number of rotatable bonds is 64. The maximum atomic E-state index is 14.1. The molecule has 6 aliphatic rings. The molecular weight excluding hydrogens is 1760 g/mol. The lowest BCUT2D eigenvalue weighted by molar-refractivity contribution is -0.405. The van der Waals surface area contributed by atoms with Gasteiger partial charge in [-0.1, -0.05) is 192 Å². The first-order valence-corrected chi connectivity index (χ1v) is 47.9. The van der Waals surface area contributed by atoms with Gasteiger partial charge in [0.15, 0.2) is 25.2 Å². The Hall–Kier alpha value is -4.94. The van der Waals surface area contributed by atoms with Crippen molar-refractivity contribution in [1.82, 2.24) is 21.3 Å². The van der Waals surface area contributed by atoms with Gasteiger partial charge in [-0.3, -0.25) is 19.2 Å². The number of hydrogen-bond donors (Lipinski definition) is 25. The molecule has 0 aromatic heterocycles. The molecule has 0 spiro atoms. The minimum absolute atomic E-state index is 0.0912. The molecule has 43 heteroatoms. The summed E-state index contributed by atoms with van der Waals surface area (Å²) in [5.41, 5.74) is 0. The van der Waals surface area contributed by atoms with E-state index in [1.54, 1.807) is 6.08 Å². The maximum Gasteiger partial charge on any atom is 0.364 e. The number of carbonyl (C=O) groups is 6. The first-order valence-electron chi connectivity index (χ1n) is 47.9. The molecule has 6 aliphatic heterocycles. The van der Waals surface area contributed by atoms with Crippen molar-refractivity contribution < 1.29 is 193 Å². The number of carboxylic acid groups (broad SMARTS) is 2. The molecule has 0 aromatic carbocycles. The van der Waals surface area contributed by atoms with Crippen LogP contribution in [0.15, 0.2) is 24.3 Å². The van der Waals surface area contributed by atoms with Crippen molar-refractivity contribution in [2.75, 3.05) is 46.2 Å². The van der Waals surface area contributed by atoms with Crippen LogP contribution in [0.5, 0.6) is 0 Å². The molecule has 133 heavy (non-hydrogen) atoms. The molecule has 43 nitrogen and oxygen atoms in total. The highest BCUT2D eigenvalue weighted by Gasteiger charge is 2.64. The van der Waals surface area contributed by atoms with E-state index in [-0.39, 0.29) is 6.42 Å². The van der Waals surface area contributed by atoms with Crippen LogP contribution in [-0.2, 0) is 85.6 Å². The van der Waals surface area contributed by atoms with Gasteiger partial charge in [-0.2, -0.15) is 0 Å². The quantitative estimate of drug-likeness (QED) is 0.0237. The van der Waals surface area contributed by atoms with E-state index in [9.17, 15) is 136 Å². The summed E-state index contributed by atoms with van der Waals surface area (Å²) < 4.78 is 72.5. The summed E-state index contributed by atoms with van der Waals surface area (Å²) in [6, 6.07) is -6.95. The molecule has 12 unspecified atom stereocenters. The zero-order valence-electron chi connectivity index (χ0n) is 77.5. The summed E-state index contributed by atoms with van der Waals surface area (Å²) >= 11 is 0. The molecule has 4 amide bonds. The number of carboxylic acids is 2. The van der Waals surface area contributed by atoms with Gasteiger partial charge in [0.25, 0.3) is 11.6 Å². The Morgan fingerprint density at radius 1 is 0.391 bits per heavy atom. The average Bonchev–Trinajstić information content (AvgIpc) is 0.752. The number of hydrogen-bond acceptors (Lipinski definition) is 37. The van der Waals surface area contributed by atoms with Crippen molar-refractivity contribution in [1.29, 1.82) is 0 Å². The number of amides is 4. The van der Waals surface area contributed by atoms with Crippen molar-refractivity contribution in [2.24, 2.45) is 0 Å². The molecule has 0 saturated carbocycles. The lowest BCUT2D eigenvalue weighted by Crippen LogP contribution is -2.72. The van der Waals surface area contributed by atoms with Crippen LogP contribution in [0.25, 0.3) is 0 Å². The highest BCUT2D eigenvalue weighted by Crippen LogP contribution is 2.43. The van der Waals surface area contributed by atoms with Gasteiger partial charge in [-0.05, 0) is 44.9 Å². The van der Waals surface area contributed by atoms with Crippen LogP contribution in [0.2, 0.25) is 0 Å². The molecule has 34 atom stereocenters. The third-order valence-electron chi connectivity index (χ3n) is 25.2. The zero-order chi connectivity index (χ0) is 98.1. The highest BCUT2D eigenvalue weighted by atomic mass is 16.8. The number of nitrogens with one attached hydrogen (secondary N) is 4. The minimum atomic E-state index is -3.50. The number of carbonyl (C=O) groups excluding carboxylic acids is 4. The van der Waals surface area contributed by atoms with Crippen LogP contribution < -0.4 is 21.3 Å². The molecule has 6 saturated heterocycles. The average molecular weight is 1920 g/mol. The van der Waals surface area contributed by atoms with Crippen molar-refractivity contribution >= 4 is 35.6 Å². The fraction of sp³-hybridized carbons (Fsp3) is 0.889. The summed E-state index contributed by atoms with van der Waals surface area (Å²) in [7, 11) is 0. The number of unbranched alkanes of at least 4 members (excludes halogenated alkanes) is 28. The SMILES string of the molecule is CCCCCCCC/C=C\CCCCCCCCCCCCCC(=O)N[C@@H](CO[C@@H]1OC(CO)[C@@H](O[C@@H]2OC(CO)[C@H](O[C@@H]3OC(CO)[C@H](O)[C@H](O[C@@H]4OC(CO)[C@H](O)[C@H](O[C@]5(C(=O)O)CC(O)[C@@H](NC(C)=O)C([C@H](O)[C@H](O)CO)O5)C4O)C3NC(C)=O)[C@H](O[C@]3(C(=O)O)CC(O)[C@@H](NC(C)=O)C([C@H](O)[C@H](O)CO)O3)C2O)[C@H](O)C1O)[C@H](O)/C=C/CCCCCCCCCCCCC. The monoisotopic (exact) mass is 1920 g/mol. The molecular formula is C90H158N4O39. The van der Waals surface area contributed by atoms with E-state index in [1.165, 1.54) is 109 Å². The molecule has 0 bridgehead atoms. The van der Waals surface area contributed by atoms with Crippen molar-refractivity contribution in [3.8, 4) is 0 Å². The van der Waals surface area contributed by atoms with E-state index in [0.29, 0.717) is 12.8 Å². The molecule has 0 aliphatic carbocycles. The maximum absolute atomic E-state index is 14.1. The Morgan fingerprint density at radius 2 is 0.744 bits per heavy atom. The number of aliphatic carboxylic acids is 2. The predicted octanol–water partition coefficient (Wildman–Crippen LogP) is -1.75. The standard InChI is InChI=1S/C90H158N4O39/c1-6-8-10-12-14-16-18-20-21-22-23-24-25-26-27-29-31-33-35-37-39-41-64(109)94-54(55(104)40-38-36-34-32-30-28-19-17-15-13-11-9-7-2)50-122-84-73(115)72(114)76(62(48-99)125-84)127-86-75(117)82(133-90(88(120)121)43-57(106)66(92-52(4)102)80(131-90)69(111)59(108)45-96)77(63(49-100)126-86)128-83-67(93-53(5)103)78(70(112)60(46-97)123-83)129-85-74(116)81(71(113)61(47-98)124-85)132-89(87(118)119)42-56(105)65(91-51(3)101)79(130-89)68(110)58(107)44-95/h20-21,38,40,54-63,65-86,95-100,104-108,110-117H,6-19,22-37,39,41-50H2,1-5H3,(H,91,101)(H,92,102)(H,93,103)(H,94,109)(H,118,119)(H,120,121)/b21-20-,40-38+/t54-,55+,56?,57?,58+,59+,60?,61?,62?,63?,65+,66+,67?,68+,69+,70-,71-,72+,73?,74?,75?,76+,77-,78+,79?,80?,81-,82+,83-,84+,85-,86-,89-,90-/m0/s1. The molecule has 0 radical (unpaired) electrons. The van der Waals surface area contributed by atoms with Crippen molar-refractivity contribution in [3.63, 3.8) is 0 Å². The Bertz CT molecular complexity index is 3360. The van der Waals surface area contributed by atoms with E-state index < -0.39 is 302 Å². The van der Waals surface area contributed by atoms with Crippen LogP contribution in [0.4, 0.5) is 0 Å². The van der Waals surface area contributed by atoms with E-state index in [1.807, 2.05) is 0 Å². The van der Waals surface area contributed by atoms with Gasteiger partial charge in [0.1, 0.15) is 134 Å². The Balaban J connectivity index is 1.26. The van der Waals surface area contributed by atoms with Gasteiger partial charge < -0.3 is 185 Å². The van der Waals surface area contributed by atoms with E-state index in [4.69, 9.17) is 56.8 Å². The van der Waals surface area contributed by atoms with Crippen LogP contribution in [0.1, 0.15) is 253 Å². The molecule has 772 valence electrons. The van der Waals surface area contributed by atoms with Crippen LogP contribution in [-0.4, -0.2) is 396 Å². The van der Waals surface area contributed by atoms with Crippen molar-refractivity contribution in [2.45, 2.75) is 460 Å². The molecule has 6 fully saturated rings. The third kappa shape index (κ3) is 35.7. The predicted molar refractivity (Wildman–Crippen MR) is 467 cm³/mol. The summed E-state index contributed by atoms with van der Waals surface area (Å²) in [6.07, 6.45) is -22.9. The summed E-state index contributed by atoms with van der Waals surface area (Å²) in [5, 5.41) is 248. The van der Waals surface area contributed by atoms with Crippen LogP contribution in [0.3, 0.4) is 0 Å². The number of allylic oxidation sites excluding steroid dienone is 3. The fourth-order valence-electron chi connectivity index (χ4n) is 17.7. The molecule has 6 heterocycles. The van der Waals surface area contributed by atoms with Gasteiger partial charge in [-0.15, -0.1) is 0 Å². The third-order valence-corrected chi connectivity index (χ3v) is 25.2. The first kappa shape index (κ1) is 117. The minimum Gasteiger partial charge on any atom is -0.477 e. The summed E-state index contributed by atoms with van der Waals surface area (Å²) in [6.45, 7) is -0.820. The second kappa shape index (κ2) is 60.9. The zero-order valence-corrected chi connectivity index (χ0v) is 77.5. The molecule has 0 aromatic rings. The summed E-state index contributed by atoms with van der Waals surface area (Å²) in [4.78, 5) is 79.7. The largest absolute Gasteiger partial charge is 0.477 e. The van der Waals surface area contributed by atoms with E-state index >= 15 is 0 Å². The van der Waals surface area contributed by atoms with Gasteiger partial charge in [0.2, 0.25) is 23.6 Å². The van der Waals surface area contributed by atoms with Crippen LogP contribution >= 0.6 is 0 Å². The van der Waals surface area contributed by atoms with Gasteiger partial charge in [0, 0.05) is 40.0 Å². The van der Waals surface area contributed by atoms with Gasteiger partial charge in [-0.25, -0.2) is 9.59 Å². The highest BCUT2D eigenvalue weighted by molar-refractivity contribution is 5.78. The normalized spacial score (nSPS) is 34.1. The molecule has 25 N–H and O–H groups in total. The lowest BCUT2D eigenvalue weighted by atomic mass is 9.88. The Labute approximate surface area is 777 Å². The number of aliphatic hydroxyl groups excluding tert-OH is 19. The number of aliphatic hydroxyl groups is 19. The van der Waals surface area contributed by atoms with E-state index in [2.05, 4.69) is 47.3 Å². The lowest BCUT2D eigenvalue weighted by Gasteiger charge is -2.53. The Morgan fingerprint density at radius 3 is 1.17 bits per heavy atom.